The van der Waals surface area contributed by atoms with Gasteiger partial charge < -0.3 is 4.74 Å². The van der Waals surface area contributed by atoms with Crippen molar-refractivity contribution in [2.45, 2.75) is 123 Å². The van der Waals surface area contributed by atoms with Crippen LogP contribution >= 0.6 is 0 Å². The van der Waals surface area contributed by atoms with E-state index in [-0.39, 0.29) is 19.4 Å². The maximum atomic E-state index is 13.8. The van der Waals surface area contributed by atoms with Crippen molar-refractivity contribution in [2.24, 2.45) is 0 Å². The van der Waals surface area contributed by atoms with Crippen molar-refractivity contribution < 1.29 is 13.5 Å². The molecule has 1 aromatic heterocycles. The van der Waals surface area contributed by atoms with Gasteiger partial charge in [-0.3, -0.25) is 0 Å². The Kier molecular flexibility index (Phi) is 15.2. The molecule has 2 unspecified atom stereocenters. The minimum Gasteiger partial charge on any atom is -0.490 e. The zero-order valence-corrected chi connectivity index (χ0v) is 22.0. The lowest BCUT2D eigenvalue weighted by atomic mass is 10.0. The Morgan fingerprint density at radius 1 is 0.686 bits per heavy atom. The lowest BCUT2D eigenvalue weighted by molar-refractivity contribution is 0.128. The Hall–Kier alpha value is -2.04. The van der Waals surface area contributed by atoms with Gasteiger partial charge in [0.25, 0.3) is 0 Å². The average Bonchev–Trinajstić information content (AvgIpc) is 2.89. The standard InChI is InChI=1S/C30H46F2N2O/c1-3-5-7-8-9-10-11-12-13-14-15-25-17-19-26(20-18-25)30-33-23-27(24-34-30)35-22-21-29(32)28(31)16-6-4-2/h17-20,23-24,28-29H,3-16,21-22H2,1-2H3. The second-order valence-electron chi connectivity index (χ2n) is 9.68. The van der Waals surface area contributed by atoms with Crippen molar-refractivity contribution in [2.75, 3.05) is 6.61 Å². The highest BCUT2D eigenvalue weighted by atomic mass is 19.2. The van der Waals surface area contributed by atoms with E-state index >= 15 is 0 Å². The van der Waals surface area contributed by atoms with E-state index in [1.165, 1.54) is 69.8 Å². The van der Waals surface area contributed by atoms with Crippen molar-refractivity contribution in [3.63, 3.8) is 0 Å². The van der Waals surface area contributed by atoms with E-state index in [4.69, 9.17) is 4.74 Å². The number of hydrogen-bond acceptors (Lipinski definition) is 3. The van der Waals surface area contributed by atoms with Crippen LogP contribution < -0.4 is 4.74 Å². The van der Waals surface area contributed by atoms with Crippen LogP contribution in [-0.4, -0.2) is 28.9 Å². The van der Waals surface area contributed by atoms with Gasteiger partial charge in [-0.1, -0.05) is 109 Å². The van der Waals surface area contributed by atoms with E-state index in [0.717, 1.165) is 18.4 Å². The van der Waals surface area contributed by atoms with E-state index in [1.807, 2.05) is 6.92 Å². The molecule has 35 heavy (non-hydrogen) atoms. The molecule has 2 atom stereocenters. The van der Waals surface area contributed by atoms with Gasteiger partial charge in [0.2, 0.25) is 0 Å². The fraction of sp³-hybridized carbons (Fsp3) is 0.667. The predicted molar refractivity (Wildman–Crippen MR) is 142 cm³/mol. The summed E-state index contributed by atoms with van der Waals surface area (Å²) in [7, 11) is 0. The van der Waals surface area contributed by atoms with Gasteiger partial charge in [0.1, 0.15) is 12.3 Å². The minimum atomic E-state index is -1.49. The molecule has 0 bridgehead atoms. The Balaban J connectivity index is 1.63. The predicted octanol–water partition coefficient (Wildman–Crippen LogP) is 9.24. The molecule has 5 heteroatoms. The molecule has 1 heterocycles. The Morgan fingerprint density at radius 3 is 1.83 bits per heavy atom. The van der Waals surface area contributed by atoms with E-state index in [0.29, 0.717) is 18.0 Å². The quantitative estimate of drug-likeness (QED) is 0.174. The fourth-order valence-electron chi connectivity index (χ4n) is 4.23. The highest BCUT2D eigenvalue weighted by Gasteiger charge is 2.19. The number of alkyl halides is 2. The summed E-state index contributed by atoms with van der Waals surface area (Å²) in [6.07, 6.45) is 16.8. The first-order valence-corrected chi connectivity index (χ1v) is 14.0. The molecule has 3 nitrogen and oxygen atoms in total. The maximum absolute atomic E-state index is 13.8. The molecule has 0 fully saturated rings. The van der Waals surface area contributed by atoms with E-state index in [2.05, 4.69) is 41.2 Å². The molecule has 2 rings (SSSR count). The van der Waals surface area contributed by atoms with Gasteiger partial charge in [0, 0.05) is 12.0 Å². The third-order valence-electron chi connectivity index (χ3n) is 6.55. The molecule has 0 radical (unpaired) electrons. The summed E-state index contributed by atoms with van der Waals surface area (Å²) in [6.45, 7) is 4.35. The highest BCUT2D eigenvalue weighted by Crippen LogP contribution is 2.20. The van der Waals surface area contributed by atoms with Gasteiger partial charge in [-0.2, -0.15) is 0 Å². The zero-order valence-electron chi connectivity index (χ0n) is 22.0. The number of hydrogen-bond donors (Lipinski definition) is 0. The lowest BCUT2D eigenvalue weighted by Crippen LogP contribution is -2.20. The number of benzene rings is 1. The zero-order chi connectivity index (χ0) is 25.1. The fourth-order valence-corrected chi connectivity index (χ4v) is 4.23. The topological polar surface area (TPSA) is 35.0 Å². The van der Waals surface area contributed by atoms with Crippen molar-refractivity contribution >= 4 is 0 Å². The first-order valence-electron chi connectivity index (χ1n) is 14.0. The number of aryl methyl sites for hydroxylation is 1. The van der Waals surface area contributed by atoms with Crippen LogP contribution in [0.25, 0.3) is 11.4 Å². The molecule has 1 aromatic carbocycles. The maximum Gasteiger partial charge on any atom is 0.159 e. The van der Waals surface area contributed by atoms with E-state index < -0.39 is 12.3 Å². The van der Waals surface area contributed by atoms with Gasteiger partial charge in [-0.25, -0.2) is 18.7 Å². The van der Waals surface area contributed by atoms with Gasteiger partial charge in [-0.05, 0) is 24.8 Å². The molecule has 2 aromatic rings. The summed E-state index contributed by atoms with van der Waals surface area (Å²) >= 11 is 0. The number of ether oxygens (including phenoxy) is 1. The summed E-state index contributed by atoms with van der Waals surface area (Å²) < 4.78 is 33.1. The summed E-state index contributed by atoms with van der Waals surface area (Å²) in [4.78, 5) is 8.75. The molecule has 0 saturated heterocycles. The van der Waals surface area contributed by atoms with Gasteiger partial charge in [-0.15, -0.1) is 0 Å². The monoisotopic (exact) mass is 488 g/mol. The third-order valence-corrected chi connectivity index (χ3v) is 6.55. The molecule has 0 aliphatic heterocycles. The first kappa shape index (κ1) is 29.2. The lowest BCUT2D eigenvalue weighted by Gasteiger charge is -2.13. The van der Waals surface area contributed by atoms with Crippen LogP contribution in [0.4, 0.5) is 8.78 Å². The molecule has 0 saturated carbocycles. The van der Waals surface area contributed by atoms with Crippen LogP contribution in [0.3, 0.4) is 0 Å². The summed E-state index contributed by atoms with van der Waals surface area (Å²) in [5.74, 6) is 1.11. The molecule has 0 N–H and O–H groups in total. The Labute approximate surface area is 212 Å². The molecular weight excluding hydrogens is 442 g/mol. The molecule has 0 aliphatic rings. The minimum absolute atomic E-state index is 0.0349. The largest absolute Gasteiger partial charge is 0.490 e. The van der Waals surface area contributed by atoms with Crippen LogP contribution in [-0.2, 0) is 6.42 Å². The molecule has 0 aliphatic carbocycles. The summed E-state index contributed by atoms with van der Waals surface area (Å²) in [5.41, 5.74) is 2.31. The number of rotatable bonds is 20. The second kappa shape index (κ2) is 18.3. The van der Waals surface area contributed by atoms with Crippen LogP contribution in [0.1, 0.15) is 109 Å². The molecule has 0 spiro atoms. The first-order chi connectivity index (χ1) is 17.1. The average molecular weight is 489 g/mol. The van der Waals surface area contributed by atoms with Gasteiger partial charge in [0.15, 0.2) is 11.6 Å². The van der Waals surface area contributed by atoms with Crippen LogP contribution in [0.5, 0.6) is 5.75 Å². The number of halogens is 2. The van der Waals surface area contributed by atoms with Crippen molar-refractivity contribution in [1.82, 2.24) is 9.97 Å². The van der Waals surface area contributed by atoms with Gasteiger partial charge in [0.05, 0.1) is 19.0 Å². The smallest absolute Gasteiger partial charge is 0.159 e. The third kappa shape index (κ3) is 12.5. The van der Waals surface area contributed by atoms with Gasteiger partial charge >= 0.3 is 0 Å². The Morgan fingerprint density at radius 2 is 1.23 bits per heavy atom. The number of aromatic nitrogens is 2. The van der Waals surface area contributed by atoms with Crippen molar-refractivity contribution in [3.8, 4) is 17.1 Å². The molecule has 196 valence electrons. The van der Waals surface area contributed by atoms with Crippen LogP contribution in [0.2, 0.25) is 0 Å². The highest BCUT2D eigenvalue weighted by molar-refractivity contribution is 5.55. The van der Waals surface area contributed by atoms with E-state index in [9.17, 15) is 8.78 Å². The van der Waals surface area contributed by atoms with Crippen molar-refractivity contribution in [3.05, 3.63) is 42.2 Å². The summed E-state index contributed by atoms with van der Waals surface area (Å²) in [5, 5.41) is 0. The Bertz CT molecular complexity index is 767. The van der Waals surface area contributed by atoms with Crippen LogP contribution in [0, 0.1) is 0 Å². The van der Waals surface area contributed by atoms with Crippen LogP contribution in [0.15, 0.2) is 36.7 Å². The number of nitrogens with zero attached hydrogens (tertiary/aromatic N) is 2. The van der Waals surface area contributed by atoms with Crippen molar-refractivity contribution in [1.29, 1.82) is 0 Å². The normalized spacial score (nSPS) is 13.0. The summed E-state index contributed by atoms with van der Waals surface area (Å²) in [6, 6.07) is 8.44. The molecular formula is C30H46F2N2O. The number of unbranched alkanes of at least 4 members (excludes halogenated alkanes) is 10. The van der Waals surface area contributed by atoms with E-state index in [1.54, 1.807) is 12.4 Å². The SMILES string of the molecule is CCCCCCCCCCCCc1ccc(-c2ncc(OCCC(F)C(F)CCCC)cn2)cc1. The molecule has 0 amide bonds. The second-order valence-corrected chi connectivity index (χ2v) is 9.68.